The molecule has 0 unspecified atom stereocenters. The predicted molar refractivity (Wildman–Crippen MR) is 143 cm³/mol. The van der Waals surface area contributed by atoms with E-state index in [9.17, 15) is 14.8 Å². The molecule has 194 valence electrons. The molecular formula is C29H40N4O3. The van der Waals surface area contributed by atoms with Crippen molar-refractivity contribution in [3.05, 3.63) is 59.7 Å². The molecule has 1 aliphatic heterocycles. The van der Waals surface area contributed by atoms with Gasteiger partial charge in [0.15, 0.2) is 0 Å². The third-order valence-electron chi connectivity index (χ3n) is 7.76. The van der Waals surface area contributed by atoms with Gasteiger partial charge in [-0.2, -0.15) is 0 Å². The SMILES string of the molecule is CN(C)c1ccc(CN2C(=O)[C@@H](N[C@@H](CCC3CCCCC3)C(=O)NO)CCc3ccccc32)cc1. The van der Waals surface area contributed by atoms with E-state index < -0.39 is 18.0 Å². The molecule has 1 saturated carbocycles. The predicted octanol–water partition coefficient (Wildman–Crippen LogP) is 4.42. The highest BCUT2D eigenvalue weighted by Crippen LogP contribution is 2.30. The van der Waals surface area contributed by atoms with Gasteiger partial charge in [-0.3, -0.25) is 20.1 Å². The summed E-state index contributed by atoms with van der Waals surface area (Å²) in [4.78, 5) is 30.4. The van der Waals surface area contributed by atoms with E-state index in [2.05, 4.69) is 40.5 Å². The standard InChI is InChI=1S/C29H40N4O3/c1-32(2)24-16-12-22(13-17-24)20-33-27-11-7-6-10-23(27)15-19-26(29(33)35)30-25(28(34)31-36)18-14-21-8-4-3-5-9-21/h6-7,10-13,16-17,21,25-26,30,36H,3-5,8-9,14-15,18-20H2,1-2H3,(H,31,34)/t25-,26-/m0/s1. The molecule has 7 heteroatoms. The second-order valence-corrected chi connectivity index (χ2v) is 10.5. The van der Waals surface area contributed by atoms with E-state index in [0.29, 0.717) is 25.3 Å². The number of nitrogens with zero attached hydrogens (tertiary/aromatic N) is 2. The van der Waals surface area contributed by atoms with Crippen LogP contribution in [0.1, 0.15) is 62.5 Å². The Bertz CT molecular complexity index is 1020. The average Bonchev–Trinajstić information content (AvgIpc) is 3.03. The van der Waals surface area contributed by atoms with Crippen molar-refractivity contribution in [3.8, 4) is 0 Å². The van der Waals surface area contributed by atoms with Gasteiger partial charge in [0.05, 0.1) is 18.6 Å². The van der Waals surface area contributed by atoms with E-state index in [1.807, 2.05) is 42.7 Å². The molecule has 1 heterocycles. The van der Waals surface area contributed by atoms with Crippen LogP contribution in [0.2, 0.25) is 0 Å². The maximum Gasteiger partial charge on any atom is 0.260 e. The minimum absolute atomic E-state index is 0.0370. The quantitative estimate of drug-likeness (QED) is 0.356. The summed E-state index contributed by atoms with van der Waals surface area (Å²) in [5.74, 6) is 0.113. The molecule has 2 aliphatic rings. The first-order valence-electron chi connectivity index (χ1n) is 13.3. The normalized spacial score (nSPS) is 19.4. The Morgan fingerprint density at radius 2 is 1.78 bits per heavy atom. The molecule has 7 nitrogen and oxygen atoms in total. The third-order valence-corrected chi connectivity index (χ3v) is 7.76. The van der Waals surface area contributed by atoms with Crippen molar-refractivity contribution in [3.63, 3.8) is 0 Å². The zero-order valence-corrected chi connectivity index (χ0v) is 21.6. The Morgan fingerprint density at radius 1 is 1.06 bits per heavy atom. The second-order valence-electron chi connectivity index (χ2n) is 10.5. The molecule has 1 aliphatic carbocycles. The number of hydrogen-bond donors (Lipinski definition) is 3. The molecule has 3 N–H and O–H groups in total. The number of carbonyl (C=O) groups excluding carboxylic acids is 2. The van der Waals surface area contributed by atoms with Crippen molar-refractivity contribution in [2.45, 2.75) is 76.4 Å². The number of hydrogen-bond acceptors (Lipinski definition) is 5. The van der Waals surface area contributed by atoms with Crippen LogP contribution >= 0.6 is 0 Å². The van der Waals surface area contributed by atoms with Crippen LogP contribution in [-0.4, -0.2) is 43.2 Å². The molecule has 0 aromatic heterocycles. The van der Waals surface area contributed by atoms with Crippen LogP contribution in [0.5, 0.6) is 0 Å². The van der Waals surface area contributed by atoms with Gasteiger partial charge in [-0.1, -0.05) is 62.4 Å². The molecular weight excluding hydrogens is 452 g/mol. The van der Waals surface area contributed by atoms with E-state index in [0.717, 1.165) is 35.3 Å². The summed E-state index contributed by atoms with van der Waals surface area (Å²) < 4.78 is 0. The monoisotopic (exact) mass is 492 g/mol. The van der Waals surface area contributed by atoms with Crippen molar-refractivity contribution in [1.82, 2.24) is 10.8 Å². The lowest BCUT2D eigenvalue weighted by molar-refractivity contribution is -0.132. The highest BCUT2D eigenvalue weighted by atomic mass is 16.5. The molecule has 2 amide bonds. The van der Waals surface area contributed by atoms with Crippen LogP contribution in [0.3, 0.4) is 0 Å². The molecule has 2 aromatic rings. The number of benzene rings is 2. The summed E-state index contributed by atoms with van der Waals surface area (Å²) in [6.07, 6.45) is 9.07. The first-order chi connectivity index (χ1) is 17.5. The molecule has 0 saturated heterocycles. The van der Waals surface area contributed by atoms with Gasteiger partial charge in [-0.05, 0) is 60.9 Å². The van der Waals surface area contributed by atoms with Gasteiger partial charge < -0.3 is 9.80 Å². The Hall–Kier alpha value is -2.90. The maximum absolute atomic E-state index is 13.9. The van der Waals surface area contributed by atoms with Crippen LogP contribution in [0, 0.1) is 5.92 Å². The third kappa shape index (κ3) is 6.45. The van der Waals surface area contributed by atoms with Crippen molar-refractivity contribution >= 4 is 23.2 Å². The molecule has 0 bridgehead atoms. The first kappa shape index (κ1) is 26.2. The Labute approximate surface area is 214 Å². The van der Waals surface area contributed by atoms with Gasteiger partial charge >= 0.3 is 0 Å². The van der Waals surface area contributed by atoms with Crippen LogP contribution in [0.15, 0.2) is 48.5 Å². The minimum atomic E-state index is -0.603. The van der Waals surface area contributed by atoms with Crippen LogP contribution in [0.25, 0.3) is 0 Å². The minimum Gasteiger partial charge on any atom is -0.378 e. The number of para-hydroxylation sites is 1. The Morgan fingerprint density at radius 3 is 2.47 bits per heavy atom. The summed E-state index contributed by atoms with van der Waals surface area (Å²) >= 11 is 0. The largest absolute Gasteiger partial charge is 0.378 e. The lowest BCUT2D eigenvalue weighted by Gasteiger charge is -2.29. The van der Waals surface area contributed by atoms with Gasteiger partial charge in [0.1, 0.15) is 0 Å². The number of carbonyl (C=O) groups is 2. The smallest absolute Gasteiger partial charge is 0.260 e. The summed E-state index contributed by atoms with van der Waals surface area (Å²) in [6.45, 7) is 0.459. The number of fused-ring (bicyclic) bond motifs is 1. The molecule has 0 spiro atoms. The van der Waals surface area contributed by atoms with Gasteiger partial charge in [-0.25, -0.2) is 5.48 Å². The van der Waals surface area contributed by atoms with Gasteiger partial charge in [0.2, 0.25) is 5.91 Å². The lowest BCUT2D eigenvalue weighted by Crippen LogP contribution is -2.53. The summed E-state index contributed by atoms with van der Waals surface area (Å²) in [7, 11) is 4.01. The fourth-order valence-corrected chi connectivity index (χ4v) is 5.60. The highest BCUT2D eigenvalue weighted by Gasteiger charge is 2.33. The van der Waals surface area contributed by atoms with Crippen LogP contribution in [-0.2, 0) is 22.6 Å². The van der Waals surface area contributed by atoms with E-state index in [1.54, 1.807) is 0 Å². The van der Waals surface area contributed by atoms with Crippen molar-refractivity contribution in [2.24, 2.45) is 5.92 Å². The molecule has 4 rings (SSSR count). The molecule has 2 aromatic carbocycles. The Balaban J connectivity index is 1.52. The van der Waals surface area contributed by atoms with Crippen molar-refractivity contribution in [2.75, 3.05) is 23.9 Å². The van der Waals surface area contributed by atoms with E-state index in [1.165, 1.54) is 32.1 Å². The van der Waals surface area contributed by atoms with Crippen LogP contribution < -0.4 is 20.6 Å². The number of aryl methyl sites for hydroxylation is 1. The molecule has 0 radical (unpaired) electrons. The molecule has 1 fully saturated rings. The molecule has 36 heavy (non-hydrogen) atoms. The average molecular weight is 493 g/mol. The number of amides is 2. The van der Waals surface area contributed by atoms with Crippen molar-refractivity contribution in [1.29, 1.82) is 0 Å². The van der Waals surface area contributed by atoms with E-state index in [4.69, 9.17) is 0 Å². The summed E-state index contributed by atoms with van der Waals surface area (Å²) in [5, 5.41) is 12.7. The number of hydroxylamine groups is 1. The zero-order valence-electron chi connectivity index (χ0n) is 21.6. The number of anilines is 2. The summed E-state index contributed by atoms with van der Waals surface area (Å²) in [5.41, 5.74) is 6.04. The fraction of sp³-hybridized carbons (Fsp3) is 0.517. The van der Waals surface area contributed by atoms with Crippen LogP contribution in [0.4, 0.5) is 11.4 Å². The topological polar surface area (TPSA) is 84.9 Å². The lowest BCUT2D eigenvalue weighted by atomic mass is 9.85. The van der Waals surface area contributed by atoms with Gasteiger partial charge in [0.25, 0.3) is 5.91 Å². The maximum atomic E-state index is 13.9. The van der Waals surface area contributed by atoms with E-state index >= 15 is 0 Å². The molecule has 2 atom stereocenters. The Kier molecular flexibility index (Phi) is 8.99. The van der Waals surface area contributed by atoms with Crippen molar-refractivity contribution < 1.29 is 14.8 Å². The zero-order chi connectivity index (χ0) is 25.5. The number of nitrogens with one attached hydrogen (secondary N) is 2. The first-order valence-corrected chi connectivity index (χ1v) is 13.3. The van der Waals surface area contributed by atoms with Gasteiger partial charge in [0, 0.05) is 25.5 Å². The second kappa shape index (κ2) is 12.4. The number of rotatable bonds is 9. The summed E-state index contributed by atoms with van der Waals surface area (Å²) in [6, 6.07) is 15.2. The highest BCUT2D eigenvalue weighted by molar-refractivity contribution is 5.99. The van der Waals surface area contributed by atoms with E-state index in [-0.39, 0.29) is 5.91 Å². The fourth-order valence-electron chi connectivity index (χ4n) is 5.60. The van der Waals surface area contributed by atoms with Gasteiger partial charge in [-0.15, -0.1) is 0 Å².